The van der Waals surface area contributed by atoms with Crippen LogP contribution in [0.2, 0.25) is 0 Å². The molecule has 0 aliphatic heterocycles. The Labute approximate surface area is 94.9 Å². The van der Waals surface area contributed by atoms with Gasteiger partial charge in [0, 0.05) is 0 Å². The van der Waals surface area contributed by atoms with E-state index in [1.54, 1.807) is 5.32 Å². The molecule has 0 aromatic heterocycles. The Morgan fingerprint density at radius 3 is 2.24 bits per heavy atom. The first-order valence-electron chi connectivity index (χ1n) is 4.59. The molecule has 1 rings (SSSR count). The Morgan fingerprint density at radius 2 is 1.82 bits per heavy atom. The quantitative estimate of drug-likeness (QED) is 0.645. The number of hydrogen-bond donors (Lipinski definition) is 1. The van der Waals surface area contributed by atoms with Crippen LogP contribution < -0.4 is 5.32 Å². The highest BCUT2D eigenvalue weighted by Gasteiger charge is 2.41. The Balaban J connectivity index is 3.02. The zero-order valence-electron chi connectivity index (χ0n) is 8.59. The Bertz CT molecular complexity index is 410. The predicted octanol–water partition coefficient (Wildman–Crippen LogP) is 2.73. The first-order chi connectivity index (χ1) is 7.84. The van der Waals surface area contributed by atoms with Crippen molar-refractivity contribution in [3.63, 3.8) is 0 Å². The highest BCUT2D eigenvalue weighted by atomic mass is 19.4. The second-order valence-electron chi connectivity index (χ2n) is 3.24. The van der Waals surface area contributed by atoms with Gasteiger partial charge in [-0.25, -0.2) is 4.39 Å². The van der Waals surface area contributed by atoms with Crippen LogP contribution in [0.15, 0.2) is 36.9 Å². The van der Waals surface area contributed by atoms with Crippen molar-refractivity contribution < 1.29 is 22.4 Å². The average Bonchev–Trinajstić information content (AvgIpc) is 2.25. The number of halogens is 4. The SMILES string of the molecule is C=CC(=O)N[C@@H](c1ccc(F)cc1)C(F)(F)F. The summed E-state index contributed by atoms with van der Waals surface area (Å²) in [5.74, 6) is -1.60. The van der Waals surface area contributed by atoms with E-state index < -0.39 is 23.9 Å². The smallest absolute Gasteiger partial charge is 0.337 e. The minimum Gasteiger partial charge on any atom is -0.337 e. The van der Waals surface area contributed by atoms with Gasteiger partial charge in [-0.15, -0.1) is 0 Å². The van der Waals surface area contributed by atoms with Crippen LogP contribution >= 0.6 is 0 Å². The van der Waals surface area contributed by atoms with Crippen molar-refractivity contribution in [1.82, 2.24) is 5.32 Å². The number of hydrogen-bond acceptors (Lipinski definition) is 1. The Hall–Kier alpha value is -1.85. The summed E-state index contributed by atoms with van der Waals surface area (Å²) in [5, 5.41) is 1.74. The second-order valence-corrected chi connectivity index (χ2v) is 3.24. The zero-order chi connectivity index (χ0) is 13.1. The van der Waals surface area contributed by atoms with Crippen molar-refractivity contribution in [2.75, 3.05) is 0 Å². The van der Waals surface area contributed by atoms with Gasteiger partial charge in [0.1, 0.15) is 5.82 Å². The van der Waals surface area contributed by atoms with E-state index in [4.69, 9.17) is 0 Å². The first kappa shape index (κ1) is 13.2. The van der Waals surface area contributed by atoms with Gasteiger partial charge in [-0.2, -0.15) is 13.2 Å². The van der Waals surface area contributed by atoms with E-state index in [0.29, 0.717) is 0 Å². The maximum atomic E-state index is 12.7. The third kappa shape index (κ3) is 3.58. The van der Waals surface area contributed by atoms with Crippen molar-refractivity contribution in [2.24, 2.45) is 0 Å². The molecule has 6 heteroatoms. The lowest BCUT2D eigenvalue weighted by molar-refractivity contribution is -0.162. The second kappa shape index (κ2) is 4.99. The molecule has 0 radical (unpaired) electrons. The Morgan fingerprint density at radius 1 is 1.29 bits per heavy atom. The van der Waals surface area contributed by atoms with Crippen LogP contribution in [0.5, 0.6) is 0 Å². The van der Waals surface area contributed by atoms with Crippen molar-refractivity contribution in [3.05, 3.63) is 48.3 Å². The molecule has 0 saturated carbocycles. The van der Waals surface area contributed by atoms with Crippen LogP contribution in [0.3, 0.4) is 0 Å². The molecule has 1 N–H and O–H groups in total. The predicted molar refractivity (Wildman–Crippen MR) is 53.5 cm³/mol. The topological polar surface area (TPSA) is 29.1 Å². The Kier molecular flexibility index (Phi) is 3.88. The van der Waals surface area contributed by atoms with Crippen LogP contribution in [0.1, 0.15) is 11.6 Å². The standard InChI is InChI=1S/C11H9F4NO/c1-2-9(17)16-10(11(13,14)15)7-3-5-8(12)6-4-7/h2-6,10H,1H2,(H,16,17)/t10-/m0/s1. The molecular weight excluding hydrogens is 238 g/mol. The number of amides is 1. The third-order valence-electron chi connectivity index (χ3n) is 2.00. The molecule has 1 atom stereocenters. The summed E-state index contributed by atoms with van der Waals surface area (Å²) in [6, 6.07) is 1.56. The van der Waals surface area contributed by atoms with Crippen LogP contribution in [0.25, 0.3) is 0 Å². The molecule has 1 aromatic rings. The zero-order valence-corrected chi connectivity index (χ0v) is 8.59. The van der Waals surface area contributed by atoms with E-state index >= 15 is 0 Å². The van der Waals surface area contributed by atoms with E-state index in [1.165, 1.54) is 0 Å². The molecule has 0 fully saturated rings. The normalized spacial score (nSPS) is 12.9. The fraction of sp³-hybridized carbons (Fsp3) is 0.182. The summed E-state index contributed by atoms with van der Waals surface area (Å²) < 4.78 is 50.6. The molecule has 92 valence electrons. The van der Waals surface area contributed by atoms with Crippen molar-refractivity contribution in [3.8, 4) is 0 Å². The maximum absolute atomic E-state index is 12.7. The van der Waals surface area contributed by atoms with Crippen molar-refractivity contribution in [1.29, 1.82) is 0 Å². The first-order valence-corrected chi connectivity index (χ1v) is 4.59. The monoisotopic (exact) mass is 247 g/mol. The molecular formula is C11H9F4NO. The highest BCUT2D eigenvalue weighted by Crippen LogP contribution is 2.32. The number of carbonyl (C=O) groups excluding carboxylic acids is 1. The lowest BCUT2D eigenvalue weighted by atomic mass is 10.1. The van der Waals surface area contributed by atoms with E-state index in [-0.39, 0.29) is 5.56 Å². The fourth-order valence-corrected chi connectivity index (χ4v) is 1.21. The molecule has 17 heavy (non-hydrogen) atoms. The van der Waals surface area contributed by atoms with Gasteiger partial charge in [-0.3, -0.25) is 4.79 Å². The summed E-state index contributed by atoms with van der Waals surface area (Å²) in [6.07, 6.45) is -3.92. The van der Waals surface area contributed by atoms with Gasteiger partial charge in [0.05, 0.1) is 0 Å². The van der Waals surface area contributed by atoms with E-state index in [1.807, 2.05) is 0 Å². The molecule has 0 spiro atoms. The van der Waals surface area contributed by atoms with E-state index in [9.17, 15) is 22.4 Å². The maximum Gasteiger partial charge on any atom is 0.412 e. The van der Waals surface area contributed by atoms with Crippen LogP contribution in [-0.4, -0.2) is 12.1 Å². The molecule has 0 aliphatic rings. The number of alkyl halides is 3. The molecule has 0 bridgehead atoms. The minimum absolute atomic E-state index is 0.242. The van der Waals surface area contributed by atoms with Crippen LogP contribution in [0.4, 0.5) is 17.6 Å². The van der Waals surface area contributed by atoms with Gasteiger partial charge < -0.3 is 5.32 Å². The van der Waals surface area contributed by atoms with Gasteiger partial charge in [0.15, 0.2) is 6.04 Å². The molecule has 0 aliphatic carbocycles. The summed E-state index contributed by atoms with van der Waals surface area (Å²) >= 11 is 0. The highest BCUT2D eigenvalue weighted by molar-refractivity contribution is 5.87. The van der Waals surface area contributed by atoms with Gasteiger partial charge in [-0.05, 0) is 23.8 Å². The number of carbonyl (C=O) groups is 1. The summed E-state index contributed by atoms with van der Waals surface area (Å²) in [5.41, 5.74) is -0.242. The van der Waals surface area contributed by atoms with Crippen LogP contribution in [-0.2, 0) is 4.79 Å². The fourth-order valence-electron chi connectivity index (χ4n) is 1.21. The average molecular weight is 247 g/mol. The van der Waals surface area contributed by atoms with Crippen molar-refractivity contribution >= 4 is 5.91 Å². The summed E-state index contributed by atoms with van der Waals surface area (Å²) in [4.78, 5) is 10.9. The van der Waals surface area contributed by atoms with Gasteiger partial charge >= 0.3 is 6.18 Å². The number of nitrogens with one attached hydrogen (secondary N) is 1. The molecule has 1 amide bonds. The number of benzene rings is 1. The van der Waals surface area contributed by atoms with Crippen LogP contribution in [0, 0.1) is 5.82 Å². The van der Waals surface area contributed by atoms with Gasteiger partial charge in [0.25, 0.3) is 0 Å². The van der Waals surface area contributed by atoms with Gasteiger partial charge in [-0.1, -0.05) is 18.7 Å². The number of rotatable bonds is 3. The largest absolute Gasteiger partial charge is 0.412 e. The van der Waals surface area contributed by atoms with E-state index in [0.717, 1.165) is 30.3 Å². The minimum atomic E-state index is -4.66. The lowest BCUT2D eigenvalue weighted by Crippen LogP contribution is -2.37. The summed E-state index contributed by atoms with van der Waals surface area (Å²) in [7, 11) is 0. The van der Waals surface area contributed by atoms with E-state index in [2.05, 4.69) is 6.58 Å². The lowest BCUT2D eigenvalue weighted by Gasteiger charge is -2.21. The molecule has 0 saturated heterocycles. The molecule has 2 nitrogen and oxygen atoms in total. The molecule has 0 heterocycles. The van der Waals surface area contributed by atoms with Gasteiger partial charge in [0.2, 0.25) is 5.91 Å². The molecule has 1 aromatic carbocycles. The third-order valence-corrected chi connectivity index (χ3v) is 2.00. The molecule has 0 unspecified atom stereocenters. The summed E-state index contributed by atoms with van der Waals surface area (Å²) in [6.45, 7) is 3.06. The van der Waals surface area contributed by atoms with Crippen molar-refractivity contribution in [2.45, 2.75) is 12.2 Å².